The van der Waals surface area contributed by atoms with E-state index in [1.54, 1.807) is 12.1 Å². The summed E-state index contributed by atoms with van der Waals surface area (Å²) in [6, 6.07) is 5.01. The van der Waals surface area contributed by atoms with Crippen molar-refractivity contribution in [3.8, 4) is 11.5 Å². The number of halogens is 1. The van der Waals surface area contributed by atoms with Crippen LogP contribution in [0.3, 0.4) is 0 Å². The molecular formula is C17H19BrN2O5. The lowest BCUT2D eigenvalue weighted by Crippen LogP contribution is -2.33. The van der Waals surface area contributed by atoms with Crippen LogP contribution in [0.25, 0.3) is 0 Å². The van der Waals surface area contributed by atoms with Gasteiger partial charge in [0, 0.05) is 10.5 Å². The van der Waals surface area contributed by atoms with Crippen LogP contribution in [0, 0.1) is 5.21 Å². The molecule has 0 spiro atoms. The molecule has 0 atom stereocenters. The summed E-state index contributed by atoms with van der Waals surface area (Å²) in [5, 5.41) is 11.5. The Hall–Kier alpha value is -2.35. The SMILES string of the molecule is CCOc1cc(Br)c(CC(=O)OCc2nccc[n+]2[O-])cc1OCC. The van der Waals surface area contributed by atoms with E-state index in [4.69, 9.17) is 14.2 Å². The van der Waals surface area contributed by atoms with Gasteiger partial charge in [-0.25, -0.2) is 4.73 Å². The topological polar surface area (TPSA) is 84.6 Å². The number of aromatic nitrogens is 2. The number of esters is 1. The average Bonchev–Trinajstić information content (AvgIpc) is 2.58. The number of carbonyl (C=O) groups is 1. The molecule has 1 aromatic carbocycles. The Morgan fingerprint density at radius 3 is 2.56 bits per heavy atom. The zero-order valence-corrected chi connectivity index (χ0v) is 15.6. The number of rotatable bonds is 8. The van der Waals surface area contributed by atoms with Gasteiger partial charge in [0.15, 0.2) is 18.1 Å². The molecule has 0 aliphatic rings. The van der Waals surface area contributed by atoms with E-state index in [0.717, 1.165) is 0 Å². The summed E-state index contributed by atoms with van der Waals surface area (Å²) in [6.07, 6.45) is 2.79. The first-order chi connectivity index (χ1) is 12.0. The number of hydrogen-bond donors (Lipinski definition) is 0. The smallest absolute Gasteiger partial charge is 0.339 e. The zero-order valence-electron chi connectivity index (χ0n) is 14.0. The Kier molecular flexibility index (Phi) is 7.00. The van der Waals surface area contributed by atoms with Crippen molar-refractivity contribution in [2.45, 2.75) is 26.9 Å². The second-order valence-electron chi connectivity index (χ2n) is 4.96. The number of ether oxygens (including phenoxy) is 3. The third-order valence-corrected chi connectivity index (χ3v) is 3.93. The summed E-state index contributed by atoms with van der Waals surface area (Å²) in [7, 11) is 0. The number of nitrogens with zero attached hydrogens (tertiary/aromatic N) is 2. The summed E-state index contributed by atoms with van der Waals surface area (Å²) in [6.45, 7) is 4.56. The van der Waals surface area contributed by atoms with Gasteiger partial charge in [-0.05, 0) is 36.5 Å². The van der Waals surface area contributed by atoms with Crippen LogP contribution in [0.15, 0.2) is 35.1 Å². The normalized spacial score (nSPS) is 10.4. The number of hydrogen-bond acceptors (Lipinski definition) is 6. The van der Waals surface area contributed by atoms with Crippen molar-refractivity contribution in [3.63, 3.8) is 0 Å². The molecule has 0 fully saturated rings. The van der Waals surface area contributed by atoms with Crippen LogP contribution < -0.4 is 14.2 Å². The van der Waals surface area contributed by atoms with E-state index in [9.17, 15) is 10.0 Å². The molecule has 8 heteroatoms. The average molecular weight is 411 g/mol. The van der Waals surface area contributed by atoms with E-state index in [1.807, 2.05) is 13.8 Å². The lowest BCUT2D eigenvalue weighted by molar-refractivity contribution is -0.620. The summed E-state index contributed by atoms with van der Waals surface area (Å²) >= 11 is 3.43. The molecule has 0 aliphatic heterocycles. The minimum absolute atomic E-state index is 0.0265. The predicted octanol–water partition coefficient (Wildman–Crippen LogP) is 2.56. The van der Waals surface area contributed by atoms with Crippen LogP contribution >= 0.6 is 15.9 Å². The maximum absolute atomic E-state index is 12.1. The second-order valence-corrected chi connectivity index (χ2v) is 5.81. The maximum Gasteiger partial charge on any atom is 0.339 e. The largest absolute Gasteiger partial charge is 0.711 e. The quantitative estimate of drug-likeness (QED) is 0.377. The van der Waals surface area contributed by atoms with E-state index in [-0.39, 0.29) is 18.9 Å². The third-order valence-electron chi connectivity index (χ3n) is 3.19. The molecule has 0 saturated carbocycles. The lowest BCUT2D eigenvalue weighted by atomic mass is 10.1. The van der Waals surface area contributed by atoms with Crippen molar-refractivity contribution in [1.29, 1.82) is 0 Å². The molecular weight excluding hydrogens is 392 g/mol. The fraction of sp³-hybridized carbons (Fsp3) is 0.353. The molecule has 0 radical (unpaired) electrons. The molecule has 0 bridgehead atoms. The Labute approximate surface area is 154 Å². The van der Waals surface area contributed by atoms with E-state index < -0.39 is 5.97 Å². The van der Waals surface area contributed by atoms with Crippen molar-refractivity contribution in [3.05, 3.63) is 51.7 Å². The molecule has 1 aromatic heterocycles. The summed E-state index contributed by atoms with van der Waals surface area (Å²) in [4.78, 5) is 15.9. The highest BCUT2D eigenvalue weighted by Crippen LogP contribution is 2.34. The minimum Gasteiger partial charge on any atom is -0.711 e. The van der Waals surface area contributed by atoms with Gasteiger partial charge >= 0.3 is 11.8 Å². The Morgan fingerprint density at radius 2 is 1.92 bits per heavy atom. The van der Waals surface area contributed by atoms with Gasteiger partial charge in [0.1, 0.15) is 6.20 Å². The van der Waals surface area contributed by atoms with Crippen LogP contribution in [0.2, 0.25) is 0 Å². The molecule has 7 nitrogen and oxygen atoms in total. The first-order valence-electron chi connectivity index (χ1n) is 7.81. The zero-order chi connectivity index (χ0) is 18.2. The molecule has 2 aromatic rings. The summed E-state index contributed by atoms with van der Waals surface area (Å²) in [5.74, 6) is 0.821. The summed E-state index contributed by atoms with van der Waals surface area (Å²) in [5.41, 5.74) is 0.702. The Morgan fingerprint density at radius 1 is 1.24 bits per heavy atom. The summed E-state index contributed by atoms with van der Waals surface area (Å²) < 4.78 is 17.5. The van der Waals surface area contributed by atoms with Gasteiger partial charge in [-0.15, -0.1) is 0 Å². The highest BCUT2D eigenvalue weighted by molar-refractivity contribution is 9.10. The highest BCUT2D eigenvalue weighted by atomic mass is 79.9. The van der Waals surface area contributed by atoms with E-state index in [0.29, 0.717) is 39.5 Å². The van der Waals surface area contributed by atoms with Crippen molar-refractivity contribution in [2.24, 2.45) is 0 Å². The first-order valence-corrected chi connectivity index (χ1v) is 8.61. The van der Waals surface area contributed by atoms with Crippen LogP contribution in [0.5, 0.6) is 11.5 Å². The van der Waals surface area contributed by atoms with Crippen LogP contribution in [-0.4, -0.2) is 24.2 Å². The van der Waals surface area contributed by atoms with E-state index in [2.05, 4.69) is 20.9 Å². The van der Waals surface area contributed by atoms with Gasteiger partial charge in [0.05, 0.1) is 25.8 Å². The Bertz CT molecular complexity index is 739. The van der Waals surface area contributed by atoms with Crippen LogP contribution in [0.1, 0.15) is 25.2 Å². The molecule has 1 heterocycles. The van der Waals surface area contributed by atoms with E-state index >= 15 is 0 Å². The van der Waals surface area contributed by atoms with Gasteiger partial charge in [-0.1, -0.05) is 15.9 Å². The number of carbonyl (C=O) groups excluding carboxylic acids is 1. The molecule has 0 unspecified atom stereocenters. The number of benzene rings is 1. The van der Waals surface area contributed by atoms with Crippen molar-refractivity contribution in [1.82, 2.24) is 4.98 Å². The molecule has 0 aliphatic carbocycles. The monoisotopic (exact) mass is 410 g/mol. The third kappa shape index (κ3) is 5.32. The minimum atomic E-state index is -0.474. The standard InChI is InChI=1S/C17H19BrN2O5/c1-3-23-14-8-12(13(18)10-15(14)24-4-2)9-17(21)25-11-16-19-6-5-7-20(16)22/h5-8,10H,3-4,9,11H2,1-2H3. The van der Waals surface area contributed by atoms with Gasteiger partial charge in [-0.3, -0.25) is 4.79 Å². The second kappa shape index (κ2) is 9.22. The predicted molar refractivity (Wildman–Crippen MR) is 93.2 cm³/mol. The van der Waals surface area contributed by atoms with Crippen molar-refractivity contribution < 1.29 is 23.7 Å². The van der Waals surface area contributed by atoms with Crippen LogP contribution in [0.4, 0.5) is 0 Å². The molecule has 0 amide bonds. The molecule has 0 saturated heterocycles. The van der Waals surface area contributed by atoms with Gasteiger partial charge in [0.25, 0.3) is 0 Å². The van der Waals surface area contributed by atoms with Gasteiger partial charge in [0.2, 0.25) is 0 Å². The highest BCUT2D eigenvalue weighted by Gasteiger charge is 2.16. The van der Waals surface area contributed by atoms with Gasteiger partial charge in [-0.2, -0.15) is 0 Å². The van der Waals surface area contributed by atoms with Crippen molar-refractivity contribution in [2.75, 3.05) is 13.2 Å². The van der Waals surface area contributed by atoms with Crippen molar-refractivity contribution >= 4 is 21.9 Å². The molecule has 134 valence electrons. The molecule has 25 heavy (non-hydrogen) atoms. The maximum atomic E-state index is 12.1. The fourth-order valence-electron chi connectivity index (χ4n) is 2.09. The fourth-order valence-corrected chi connectivity index (χ4v) is 2.55. The molecule has 2 rings (SSSR count). The van der Waals surface area contributed by atoms with Crippen LogP contribution in [-0.2, 0) is 22.6 Å². The first kappa shape index (κ1) is 19.0. The van der Waals surface area contributed by atoms with Gasteiger partial charge < -0.3 is 19.4 Å². The molecule has 0 N–H and O–H groups in total. The van der Waals surface area contributed by atoms with E-state index in [1.165, 1.54) is 18.5 Å². The lowest BCUT2D eigenvalue weighted by Gasteiger charge is -2.14. The Balaban J connectivity index is 2.06.